The first kappa shape index (κ1) is 16.2. The molecule has 1 unspecified atom stereocenters. The number of nitrogens with one attached hydrogen (secondary N) is 1. The number of hydrogen-bond donors (Lipinski definition) is 1. The Morgan fingerprint density at radius 2 is 1.81 bits per heavy atom. The quantitative estimate of drug-likeness (QED) is 0.804. The second-order valence-corrected chi connectivity index (χ2v) is 7.50. The average Bonchev–Trinajstić information content (AvgIpc) is 2.47. The summed E-state index contributed by atoms with van der Waals surface area (Å²) >= 11 is 0. The molecule has 0 spiro atoms. The van der Waals surface area contributed by atoms with Crippen LogP contribution in [-0.4, -0.2) is 13.2 Å². The molecule has 1 saturated carbocycles. The fraction of sp³-hybridized carbons (Fsp3) is 0.684. The molecule has 0 heterocycles. The Labute approximate surface area is 130 Å². The van der Waals surface area contributed by atoms with E-state index in [9.17, 15) is 0 Å². The molecule has 21 heavy (non-hydrogen) atoms. The van der Waals surface area contributed by atoms with Crippen LogP contribution in [0.2, 0.25) is 0 Å². The SMILES string of the molecule is COc1ccc(C(C)(C)C)cc1NC(C)C1CCCCC1. The van der Waals surface area contributed by atoms with Crippen LogP contribution in [0.1, 0.15) is 65.4 Å². The Kier molecular flexibility index (Phi) is 5.18. The number of anilines is 1. The first-order chi connectivity index (χ1) is 9.91. The Morgan fingerprint density at radius 1 is 1.14 bits per heavy atom. The van der Waals surface area contributed by atoms with Gasteiger partial charge in [-0.2, -0.15) is 0 Å². The van der Waals surface area contributed by atoms with Crippen LogP contribution in [0.4, 0.5) is 5.69 Å². The predicted molar refractivity (Wildman–Crippen MR) is 91.4 cm³/mol. The lowest BCUT2D eigenvalue weighted by Crippen LogP contribution is -2.28. The van der Waals surface area contributed by atoms with E-state index in [1.165, 1.54) is 37.7 Å². The Balaban J connectivity index is 2.16. The van der Waals surface area contributed by atoms with E-state index >= 15 is 0 Å². The molecule has 0 amide bonds. The Bertz CT molecular complexity index is 455. The van der Waals surface area contributed by atoms with Crippen molar-refractivity contribution in [1.82, 2.24) is 0 Å². The van der Waals surface area contributed by atoms with Gasteiger partial charge in [-0.05, 0) is 48.8 Å². The molecule has 1 aliphatic carbocycles. The van der Waals surface area contributed by atoms with Crippen LogP contribution >= 0.6 is 0 Å². The Hall–Kier alpha value is -1.18. The number of rotatable bonds is 4. The predicted octanol–water partition coefficient (Wildman–Crippen LogP) is 5.37. The summed E-state index contributed by atoms with van der Waals surface area (Å²) in [4.78, 5) is 0. The number of ether oxygens (including phenoxy) is 1. The van der Waals surface area contributed by atoms with Gasteiger partial charge in [-0.15, -0.1) is 0 Å². The molecule has 0 saturated heterocycles. The summed E-state index contributed by atoms with van der Waals surface area (Å²) in [6.45, 7) is 9.08. The van der Waals surface area contributed by atoms with Crippen LogP contribution in [0.15, 0.2) is 18.2 Å². The van der Waals surface area contributed by atoms with Crippen LogP contribution in [0, 0.1) is 5.92 Å². The lowest BCUT2D eigenvalue weighted by atomic mass is 9.84. The van der Waals surface area contributed by atoms with E-state index in [0.29, 0.717) is 6.04 Å². The van der Waals surface area contributed by atoms with Crippen molar-refractivity contribution >= 4 is 5.69 Å². The molecule has 1 aromatic rings. The van der Waals surface area contributed by atoms with Crippen molar-refractivity contribution in [2.24, 2.45) is 5.92 Å². The molecule has 1 atom stereocenters. The van der Waals surface area contributed by atoms with Crippen molar-refractivity contribution in [2.75, 3.05) is 12.4 Å². The third-order valence-electron chi connectivity index (χ3n) is 4.81. The van der Waals surface area contributed by atoms with E-state index in [1.807, 2.05) is 0 Å². The lowest BCUT2D eigenvalue weighted by molar-refractivity contribution is 0.327. The average molecular weight is 289 g/mol. The monoisotopic (exact) mass is 289 g/mol. The molecule has 1 fully saturated rings. The van der Waals surface area contributed by atoms with Crippen molar-refractivity contribution in [3.8, 4) is 5.75 Å². The number of methoxy groups -OCH3 is 1. The zero-order chi connectivity index (χ0) is 15.5. The molecule has 2 nitrogen and oxygen atoms in total. The summed E-state index contributed by atoms with van der Waals surface area (Å²) in [5.74, 6) is 1.74. The molecule has 0 bridgehead atoms. The Morgan fingerprint density at radius 3 is 2.38 bits per heavy atom. The van der Waals surface area contributed by atoms with Crippen LogP contribution in [0.3, 0.4) is 0 Å². The van der Waals surface area contributed by atoms with Gasteiger partial charge in [0.05, 0.1) is 12.8 Å². The third kappa shape index (κ3) is 4.15. The zero-order valence-corrected chi connectivity index (χ0v) is 14.3. The summed E-state index contributed by atoms with van der Waals surface area (Å²) in [7, 11) is 1.75. The van der Waals surface area contributed by atoms with Gasteiger partial charge in [0.15, 0.2) is 0 Å². The normalized spacial score (nSPS) is 18.3. The fourth-order valence-electron chi connectivity index (χ4n) is 3.28. The smallest absolute Gasteiger partial charge is 0.141 e. The molecule has 118 valence electrons. The molecular weight excluding hydrogens is 258 g/mol. The van der Waals surface area contributed by atoms with E-state index < -0.39 is 0 Å². The maximum Gasteiger partial charge on any atom is 0.141 e. The van der Waals surface area contributed by atoms with E-state index in [4.69, 9.17) is 4.74 Å². The molecule has 1 aromatic carbocycles. The number of benzene rings is 1. The molecule has 1 N–H and O–H groups in total. The largest absolute Gasteiger partial charge is 0.495 e. The first-order valence-corrected chi connectivity index (χ1v) is 8.37. The van der Waals surface area contributed by atoms with E-state index in [2.05, 4.69) is 51.2 Å². The number of hydrogen-bond acceptors (Lipinski definition) is 2. The molecule has 0 aromatic heterocycles. The molecule has 2 rings (SSSR count). The van der Waals surface area contributed by atoms with E-state index in [0.717, 1.165) is 17.4 Å². The third-order valence-corrected chi connectivity index (χ3v) is 4.81. The van der Waals surface area contributed by atoms with Gasteiger partial charge < -0.3 is 10.1 Å². The standard InChI is InChI=1S/C19H31NO/c1-14(15-9-7-6-8-10-15)20-17-13-16(19(2,3)4)11-12-18(17)21-5/h11-15,20H,6-10H2,1-5H3. The molecule has 1 aliphatic rings. The van der Waals surface area contributed by atoms with Gasteiger partial charge in [0.1, 0.15) is 5.75 Å². The highest BCUT2D eigenvalue weighted by atomic mass is 16.5. The zero-order valence-electron chi connectivity index (χ0n) is 14.3. The first-order valence-electron chi connectivity index (χ1n) is 8.37. The van der Waals surface area contributed by atoms with Crippen molar-refractivity contribution in [1.29, 1.82) is 0 Å². The van der Waals surface area contributed by atoms with Crippen molar-refractivity contribution in [2.45, 2.75) is 71.3 Å². The maximum atomic E-state index is 5.54. The minimum absolute atomic E-state index is 0.163. The topological polar surface area (TPSA) is 21.3 Å². The van der Waals surface area contributed by atoms with Crippen molar-refractivity contribution in [3.63, 3.8) is 0 Å². The van der Waals surface area contributed by atoms with Crippen LogP contribution in [0.25, 0.3) is 0 Å². The van der Waals surface area contributed by atoms with Gasteiger partial charge in [-0.25, -0.2) is 0 Å². The summed E-state index contributed by atoms with van der Waals surface area (Å²) < 4.78 is 5.54. The summed E-state index contributed by atoms with van der Waals surface area (Å²) in [6.07, 6.45) is 6.89. The molecule has 0 radical (unpaired) electrons. The van der Waals surface area contributed by atoms with Gasteiger partial charge in [-0.1, -0.05) is 46.1 Å². The van der Waals surface area contributed by atoms with Gasteiger partial charge in [0.2, 0.25) is 0 Å². The van der Waals surface area contributed by atoms with Crippen molar-refractivity contribution < 1.29 is 4.74 Å². The van der Waals surface area contributed by atoms with Gasteiger partial charge in [0, 0.05) is 6.04 Å². The van der Waals surface area contributed by atoms with Gasteiger partial charge in [-0.3, -0.25) is 0 Å². The second-order valence-electron chi connectivity index (χ2n) is 7.50. The highest BCUT2D eigenvalue weighted by Gasteiger charge is 2.22. The summed E-state index contributed by atoms with van der Waals surface area (Å²) in [5.41, 5.74) is 2.65. The fourth-order valence-corrected chi connectivity index (χ4v) is 3.28. The van der Waals surface area contributed by atoms with Crippen molar-refractivity contribution in [3.05, 3.63) is 23.8 Å². The highest BCUT2D eigenvalue weighted by Crippen LogP contribution is 2.34. The lowest BCUT2D eigenvalue weighted by Gasteiger charge is -2.30. The molecule has 0 aliphatic heterocycles. The van der Waals surface area contributed by atoms with E-state index in [-0.39, 0.29) is 5.41 Å². The maximum absolute atomic E-state index is 5.54. The highest BCUT2D eigenvalue weighted by molar-refractivity contribution is 5.59. The van der Waals surface area contributed by atoms with Crippen LogP contribution in [-0.2, 0) is 5.41 Å². The van der Waals surface area contributed by atoms with Gasteiger partial charge in [0.25, 0.3) is 0 Å². The minimum atomic E-state index is 0.163. The van der Waals surface area contributed by atoms with Crippen LogP contribution in [0.5, 0.6) is 5.75 Å². The minimum Gasteiger partial charge on any atom is -0.495 e. The van der Waals surface area contributed by atoms with Gasteiger partial charge >= 0.3 is 0 Å². The second kappa shape index (κ2) is 6.72. The molecular formula is C19H31NO. The van der Waals surface area contributed by atoms with E-state index in [1.54, 1.807) is 7.11 Å². The molecule has 2 heteroatoms. The summed E-state index contributed by atoms with van der Waals surface area (Å²) in [6, 6.07) is 7.04. The summed E-state index contributed by atoms with van der Waals surface area (Å²) in [5, 5.41) is 3.72. The van der Waals surface area contributed by atoms with Crippen LogP contribution < -0.4 is 10.1 Å².